The van der Waals surface area contributed by atoms with Gasteiger partial charge in [0.15, 0.2) is 6.10 Å². The van der Waals surface area contributed by atoms with Gasteiger partial charge in [-0.15, -0.1) is 0 Å². The molecule has 0 aliphatic carbocycles. The summed E-state index contributed by atoms with van der Waals surface area (Å²) < 4.78 is 5.66. The van der Waals surface area contributed by atoms with Crippen LogP contribution in [-0.4, -0.2) is 66.0 Å². The van der Waals surface area contributed by atoms with Crippen molar-refractivity contribution in [1.82, 2.24) is 4.90 Å². The first-order chi connectivity index (χ1) is 15.4. The minimum absolute atomic E-state index is 0.368. The minimum atomic E-state index is -1.45. The highest BCUT2D eigenvalue weighted by Gasteiger charge is 2.43. The van der Waals surface area contributed by atoms with E-state index in [1.165, 1.54) is 10.5 Å². The van der Waals surface area contributed by atoms with Gasteiger partial charge in [0.2, 0.25) is 0 Å². The summed E-state index contributed by atoms with van der Waals surface area (Å²) in [5.74, 6) is 0.259. The van der Waals surface area contributed by atoms with Crippen LogP contribution >= 0.6 is 0 Å². The molecule has 0 spiro atoms. The number of rotatable bonds is 10. The van der Waals surface area contributed by atoms with Gasteiger partial charge in [0, 0.05) is 32.4 Å². The zero-order chi connectivity index (χ0) is 23.0. The molecule has 32 heavy (non-hydrogen) atoms. The first-order valence-corrected chi connectivity index (χ1v) is 11.6. The number of aliphatic hydroxyl groups excluding tert-OH is 1. The summed E-state index contributed by atoms with van der Waals surface area (Å²) in [5, 5.41) is 21.8. The molecule has 6 nitrogen and oxygen atoms in total. The summed E-state index contributed by atoms with van der Waals surface area (Å²) in [6.45, 7) is 4.98. The number of nitrogens with zero attached hydrogens (tertiary/aromatic N) is 2. The molecular weight excluding hydrogens is 404 g/mol. The quantitative estimate of drug-likeness (QED) is 0.555. The molecule has 1 aliphatic heterocycles. The second-order valence-corrected chi connectivity index (χ2v) is 8.68. The normalized spacial score (nSPS) is 17.0. The number of likely N-dealkylation sites (N-methyl/N-ethyl adjacent to an activating group) is 1. The van der Waals surface area contributed by atoms with Crippen LogP contribution in [0.25, 0.3) is 0 Å². The van der Waals surface area contributed by atoms with E-state index in [0.29, 0.717) is 38.2 Å². The van der Waals surface area contributed by atoms with Gasteiger partial charge in [-0.25, -0.2) is 0 Å². The first kappa shape index (κ1) is 24.2. The van der Waals surface area contributed by atoms with E-state index in [1.54, 1.807) is 19.2 Å². The maximum atomic E-state index is 12.9. The average Bonchev–Trinajstić information content (AvgIpc) is 2.83. The van der Waals surface area contributed by atoms with Gasteiger partial charge in [-0.1, -0.05) is 43.7 Å². The number of amides is 1. The summed E-state index contributed by atoms with van der Waals surface area (Å²) >= 11 is 0. The fourth-order valence-corrected chi connectivity index (χ4v) is 4.01. The lowest BCUT2D eigenvalue weighted by Crippen LogP contribution is -2.57. The Labute approximate surface area is 191 Å². The van der Waals surface area contributed by atoms with Crippen LogP contribution in [0.15, 0.2) is 54.6 Å². The SMILES string of the molecule is CCCCOc1ccc(N(C)C(=O)C(O)C2(O)CCN(CCc3ccccc3)CC2)cc1. The van der Waals surface area contributed by atoms with Gasteiger partial charge in [0.05, 0.1) is 6.61 Å². The topological polar surface area (TPSA) is 73.2 Å². The van der Waals surface area contributed by atoms with Crippen molar-refractivity contribution in [3.63, 3.8) is 0 Å². The molecule has 6 heteroatoms. The minimum Gasteiger partial charge on any atom is -0.494 e. The van der Waals surface area contributed by atoms with Crippen molar-refractivity contribution in [2.75, 3.05) is 38.2 Å². The second kappa shape index (κ2) is 11.5. The smallest absolute Gasteiger partial charge is 0.258 e. The predicted octanol–water partition coefficient (Wildman–Crippen LogP) is 3.26. The van der Waals surface area contributed by atoms with Crippen molar-refractivity contribution in [2.45, 2.75) is 50.7 Å². The van der Waals surface area contributed by atoms with Crippen LogP contribution < -0.4 is 9.64 Å². The second-order valence-electron chi connectivity index (χ2n) is 8.68. The zero-order valence-corrected chi connectivity index (χ0v) is 19.2. The lowest BCUT2D eigenvalue weighted by Gasteiger charge is -2.41. The Hall–Kier alpha value is -2.41. The van der Waals surface area contributed by atoms with Gasteiger partial charge in [-0.3, -0.25) is 4.79 Å². The molecule has 1 amide bonds. The first-order valence-electron chi connectivity index (χ1n) is 11.6. The molecule has 3 rings (SSSR count). The number of carbonyl (C=O) groups is 1. The summed E-state index contributed by atoms with van der Waals surface area (Å²) in [5.41, 5.74) is 0.533. The average molecular weight is 441 g/mol. The van der Waals surface area contributed by atoms with E-state index in [-0.39, 0.29) is 0 Å². The molecule has 0 saturated carbocycles. The number of aliphatic hydroxyl groups is 2. The van der Waals surface area contributed by atoms with E-state index in [4.69, 9.17) is 4.74 Å². The van der Waals surface area contributed by atoms with Crippen LogP contribution in [0.4, 0.5) is 5.69 Å². The van der Waals surface area contributed by atoms with E-state index in [9.17, 15) is 15.0 Å². The maximum Gasteiger partial charge on any atom is 0.258 e. The third-order valence-electron chi connectivity index (χ3n) is 6.35. The summed E-state index contributed by atoms with van der Waals surface area (Å²) in [6.07, 6.45) is 2.29. The number of piperidine rings is 1. The third kappa shape index (κ3) is 6.31. The fourth-order valence-electron chi connectivity index (χ4n) is 4.01. The molecule has 2 aromatic carbocycles. The number of carbonyl (C=O) groups excluding carboxylic acids is 1. The largest absolute Gasteiger partial charge is 0.494 e. The lowest BCUT2D eigenvalue weighted by molar-refractivity contribution is -0.149. The standard InChI is InChI=1S/C26H36N2O4/c1-3-4-20-32-23-12-10-22(11-13-23)27(2)25(30)24(29)26(31)15-18-28(19-16-26)17-14-21-8-6-5-7-9-21/h5-13,24,29,31H,3-4,14-20H2,1-2H3. The van der Waals surface area contributed by atoms with Crippen LogP contribution in [0.2, 0.25) is 0 Å². The number of anilines is 1. The molecule has 1 heterocycles. The molecule has 174 valence electrons. The van der Waals surface area contributed by atoms with Crippen LogP contribution in [-0.2, 0) is 11.2 Å². The lowest BCUT2D eigenvalue weighted by atomic mass is 9.85. The molecule has 2 aromatic rings. The van der Waals surface area contributed by atoms with Crippen LogP contribution in [0.5, 0.6) is 5.75 Å². The van der Waals surface area contributed by atoms with Crippen molar-refractivity contribution in [3.05, 3.63) is 60.2 Å². The van der Waals surface area contributed by atoms with Crippen LogP contribution in [0, 0.1) is 0 Å². The summed E-state index contributed by atoms with van der Waals surface area (Å²) in [7, 11) is 1.62. The van der Waals surface area contributed by atoms with E-state index >= 15 is 0 Å². The molecule has 1 saturated heterocycles. The Balaban J connectivity index is 1.51. The van der Waals surface area contributed by atoms with Gasteiger partial charge in [0.1, 0.15) is 11.4 Å². The van der Waals surface area contributed by atoms with E-state index in [0.717, 1.165) is 31.6 Å². The van der Waals surface area contributed by atoms with Gasteiger partial charge >= 0.3 is 0 Å². The van der Waals surface area contributed by atoms with Gasteiger partial charge in [-0.05, 0) is 55.5 Å². The van der Waals surface area contributed by atoms with Crippen molar-refractivity contribution < 1.29 is 19.7 Å². The number of hydrogen-bond donors (Lipinski definition) is 2. The number of likely N-dealkylation sites (tertiary alicyclic amines) is 1. The number of hydrogen-bond acceptors (Lipinski definition) is 5. The van der Waals surface area contributed by atoms with E-state index in [1.807, 2.05) is 30.3 Å². The highest BCUT2D eigenvalue weighted by atomic mass is 16.5. The fraction of sp³-hybridized carbons (Fsp3) is 0.500. The van der Waals surface area contributed by atoms with Crippen molar-refractivity contribution in [3.8, 4) is 5.75 Å². The number of unbranched alkanes of at least 4 members (excludes halogenated alkanes) is 1. The highest BCUT2D eigenvalue weighted by Crippen LogP contribution is 2.28. The van der Waals surface area contributed by atoms with Crippen molar-refractivity contribution in [2.24, 2.45) is 0 Å². The molecule has 1 fully saturated rings. The molecule has 0 aromatic heterocycles. The Morgan fingerprint density at radius 1 is 1.12 bits per heavy atom. The van der Waals surface area contributed by atoms with Gasteiger partial charge < -0.3 is 24.7 Å². The van der Waals surface area contributed by atoms with E-state index in [2.05, 4.69) is 24.0 Å². The molecule has 2 N–H and O–H groups in total. The Morgan fingerprint density at radius 2 is 1.78 bits per heavy atom. The van der Waals surface area contributed by atoms with Gasteiger partial charge in [-0.2, -0.15) is 0 Å². The van der Waals surface area contributed by atoms with Crippen LogP contribution in [0.1, 0.15) is 38.2 Å². The van der Waals surface area contributed by atoms with Gasteiger partial charge in [0.25, 0.3) is 5.91 Å². The number of ether oxygens (including phenoxy) is 1. The zero-order valence-electron chi connectivity index (χ0n) is 19.2. The highest BCUT2D eigenvalue weighted by molar-refractivity contribution is 5.96. The summed E-state index contributed by atoms with van der Waals surface area (Å²) in [6, 6.07) is 17.5. The van der Waals surface area contributed by atoms with Crippen LogP contribution in [0.3, 0.4) is 0 Å². The molecule has 0 bridgehead atoms. The van der Waals surface area contributed by atoms with Crippen molar-refractivity contribution >= 4 is 11.6 Å². The molecule has 1 unspecified atom stereocenters. The Bertz CT molecular complexity index is 833. The maximum absolute atomic E-state index is 12.9. The number of benzene rings is 2. The Morgan fingerprint density at radius 3 is 2.41 bits per heavy atom. The molecular formula is C26H36N2O4. The Kier molecular flexibility index (Phi) is 8.67. The third-order valence-corrected chi connectivity index (χ3v) is 6.35. The molecule has 0 radical (unpaired) electrons. The molecule has 1 aliphatic rings. The predicted molar refractivity (Wildman–Crippen MR) is 127 cm³/mol. The monoisotopic (exact) mass is 440 g/mol. The molecule has 1 atom stereocenters. The van der Waals surface area contributed by atoms with E-state index < -0.39 is 17.6 Å². The summed E-state index contributed by atoms with van der Waals surface area (Å²) in [4.78, 5) is 16.6. The van der Waals surface area contributed by atoms with Crippen molar-refractivity contribution in [1.29, 1.82) is 0 Å².